The van der Waals surface area contributed by atoms with Crippen LogP contribution in [0.1, 0.15) is 27.2 Å². The van der Waals surface area contributed by atoms with E-state index >= 15 is 0 Å². The van der Waals surface area contributed by atoms with Gasteiger partial charge in [0.25, 0.3) is 0 Å². The van der Waals surface area contributed by atoms with Gasteiger partial charge in [-0.05, 0) is 26.4 Å². The summed E-state index contributed by atoms with van der Waals surface area (Å²) in [6, 6.07) is 0.357. The number of aliphatic hydroxyl groups is 1. The van der Waals surface area contributed by atoms with E-state index in [1.807, 2.05) is 0 Å². The zero-order valence-corrected chi connectivity index (χ0v) is 11.2. The van der Waals surface area contributed by atoms with Gasteiger partial charge in [0.05, 0.1) is 12.7 Å². The number of aliphatic hydroxyl groups excluding tert-OH is 1. The van der Waals surface area contributed by atoms with Crippen LogP contribution in [-0.4, -0.2) is 62.0 Å². The Hall–Kier alpha value is -0.160. The molecule has 2 atom stereocenters. The van der Waals surface area contributed by atoms with Crippen molar-refractivity contribution in [3.63, 3.8) is 0 Å². The van der Waals surface area contributed by atoms with E-state index in [9.17, 15) is 5.11 Å². The lowest BCUT2D eigenvalue weighted by Gasteiger charge is -2.29. The molecule has 98 valence electrons. The van der Waals surface area contributed by atoms with Crippen LogP contribution in [0.15, 0.2) is 0 Å². The van der Waals surface area contributed by atoms with Crippen molar-refractivity contribution >= 4 is 0 Å². The first-order chi connectivity index (χ1) is 7.65. The monoisotopic (exact) mass is 232 g/mol. The Kier molecular flexibility index (Phi) is 9.92. The minimum absolute atomic E-state index is 0.300. The van der Waals surface area contributed by atoms with Crippen LogP contribution in [0.2, 0.25) is 0 Å². The normalized spacial score (nSPS) is 15.4. The number of hydrogen-bond donors (Lipinski definition) is 2. The summed E-state index contributed by atoms with van der Waals surface area (Å²) in [5.74, 6) is 0. The van der Waals surface area contributed by atoms with Crippen molar-refractivity contribution in [2.24, 2.45) is 0 Å². The second-order valence-electron chi connectivity index (χ2n) is 4.25. The largest absolute Gasteiger partial charge is 0.390 e. The van der Waals surface area contributed by atoms with E-state index in [-0.39, 0.29) is 6.10 Å². The van der Waals surface area contributed by atoms with Gasteiger partial charge < -0.3 is 15.2 Å². The first-order valence-electron chi connectivity index (χ1n) is 6.27. The topological polar surface area (TPSA) is 44.7 Å². The highest BCUT2D eigenvalue weighted by atomic mass is 16.5. The van der Waals surface area contributed by atoms with Gasteiger partial charge in [-0.1, -0.05) is 13.8 Å². The predicted octanol–water partition coefficient (Wildman–Crippen LogP) is 0.704. The average Bonchev–Trinajstić information content (AvgIpc) is 2.26. The molecule has 0 heterocycles. The molecule has 0 aromatic rings. The number of nitrogens with zero attached hydrogens (tertiary/aromatic N) is 1. The van der Waals surface area contributed by atoms with Crippen LogP contribution >= 0.6 is 0 Å². The van der Waals surface area contributed by atoms with Gasteiger partial charge in [0, 0.05) is 26.2 Å². The number of methoxy groups -OCH3 is 1. The summed E-state index contributed by atoms with van der Waals surface area (Å²) in [7, 11) is 1.71. The first-order valence-corrected chi connectivity index (χ1v) is 6.27. The van der Waals surface area contributed by atoms with Crippen LogP contribution in [0.5, 0.6) is 0 Å². The summed E-state index contributed by atoms with van der Waals surface area (Å²) in [6.45, 7) is 10.4. The molecule has 0 radical (unpaired) electrons. The third-order valence-corrected chi connectivity index (χ3v) is 2.69. The SMILES string of the molecule is CCCNCC(O)CN(CC)C(C)COC. The molecular formula is C12H28N2O2. The molecule has 4 nitrogen and oxygen atoms in total. The molecule has 2 N–H and O–H groups in total. The molecule has 0 aliphatic heterocycles. The van der Waals surface area contributed by atoms with Crippen LogP contribution in [0.25, 0.3) is 0 Å². The highest BCUT2D eigenvalue weighted by molar-refractivity contribution is 4.71. The minimum Gasteiger partial charge on any atom is -0.390 e. The number of likely N-dealkylation sites (N-methyl/N-ethyl adjacent to an activating group) is 1. The van der Waals surface area contributed by atoms with E-state index < -0.39 is 0 Å². The third kappa shape index (κ3) is 7.17. The van der Waals surface area contributed by atoms with E-state index in [0.29, 0.717) is 25.7 Å². The Morgan fingerprint density at radius 1 is 1.38 bits per heavy atom. The quantitative estimate of drug-likeness (QED) is 0.544. The summed E-state index contributed by atoms with van der Waals surface area (Å²) in [5, 5.41) is 13.1. The predicted molar refractivity (Wildman–Crippen MR) is 67.8 cm³/mol. The molecule has 0 rings (SSSR count). The number of hydrogen-bond acceptors (Lipinski definition) is 4. The Morgan fingerprint density at radius 3 is 2.56 bits per heavy atom. The minimum atomic E-state index is -0.300. The highest BCUT2D eigenvalue weighted by Crippen LogP contribution is 2.00. The molecule has 16 heavy (non-hydrogen) atoms. The van der Waals surface area contributed by atoms with Crippen molar-refractivity contribution in [1.82, 2.24) is 10.2 Å². The smallest absolute Gasteiger partial charge is 0.0791 e. The van der Waals surface area contributed by atoms with Gasteiger partial charge in [0.1, 0.15) is 0 Å². The molecule has 0 aliphatic carbocycles. The van der Waals surface area contributed by atoms with Gasteiger partial charge in [-0.3, -0.25) is 4.90 Å². The Labute approximate surface area is 100.0 Å². The van der Waals surface area contributed by atoms with Crippen molar-refractivity contribution in [2.45, 2.75) is 39.3 Å². The van der Waals surface area contributed by atoms with Crippen molar-refractivity contribution < 1.29 is 9.84 Å². The number of ether oxygens (including phenoxy) is 1. The molecule has 0 amide bonds. The fourth-order valence-electron chi connectivity index (χ4n) is 1.75. The Morgan fingerprint density at radius 2 is 2.06 bits per heavy atom. The van der Waals surface area contributed by atoms with Crippen molar-refractivity contribution in [2.75, 3.05) is 39.9 Å². The molecule has 0 spiro atoms. The summed E-state index contributed by atoms with van der Waals surface area (Å²) >= 11 is 0. The first kappa shape index (κ1) is 15.8. The van der Waals surface area contributed by atoms with Gasteiger partial charge in [0.15, 0.2) is 0 Å². The standard InChI is InChI=1S/C12H28N2O2/c1-5-7-13-8-12(15)9-14(6-2)11(3)10-16-4/h11-13,15H,5-10H2,1-4H3. The lowest BCUT2D eigenvalue weighted by atomic mass is 10.2. The molecule has 4 heteroatoms. The van der Waals surface area contributed by atoms with Crippen LogP contribution in [0, 0.1) is 0 Å². The molecule has 0 bridgehead atoms. The third-order valence-electron chi connectivity index (χ3n) is 2.69. The zero-order chi connectivity index (χ0) is 12.4. The van der Waals surface area contributed by atoms with Crippen molar-refractivity contribution in [3.05, 3.63) is 0 Å². The molecule has 0 saturated carbocycles. The fraction of sp³-hybridized carbons (Fsp3) is 1.00. The number of rotatable bonds is 10. The van der Waals surface area contributed by atoms with Crippen LogP contribution in [0.4, 0.5) is 0 Å². The summed E-state index contributed by atoms with van der Waals surface area (Å²) in [4.78, 5) is 2.24. The molecule has 0 saturated heterocycles. The van der Waals surface area contributed by atoms with E-state index in [0.717, 1.165) is 19.5 Å². The highest BCUT2D eigenvalue weighted by Gasteiger charge is 2.15. The summed E-state index contributed by atoms with van der Waals surface area (Å²) in [5.41, 5.74) is 0. The van der Waals surface area contributed by atoms with E-state index in [4.69, 9.17) is 4.74 Å². The van der Waals surface area contributed by atoms with Crippen LogP contribution in [-0.2, 0) is 4.74 Å². The maximum absolute atomic E-state index is 9.85. The molecule has 2 unspecified atom stereocenters. The lowest BCUT2D eigenvalue weighted by Crippen LogP contribution is -2.44. The molecule has 0 aromatic carbocycles. The van der Waals surface area contributed by atoms with Gasteiger partial charge in [-0.25, -0.2) is 0 Å². The Bertz CT molecular complexity index is 156. The molecule has 0 aliphatic rings. The van der Waals surface area contributed by atoms with E-state index in [1.54, 1.807) is 7.11 Å². The van der Waals surface area contributed by atoms with Crippen molar-refractivity contribution in [1.29, 1.82) is 0 Å². The fourth-order valence-corrected chi connectivity index (χ4v) is 1.75. The molecule has 0 aromatic heterocycles. The van der Waals surface area contributed by atoms with Gasteiger partial charge in [-0.15, -0.1) is 0 Å². The number of nitrogens with one attached hydrogen (secondary N) is 1. The van der Waals surface area contributed by atoms with E-state index in [2.05, 4.69) is 31.0 Å². The molecule has 0 fully saturated rings. The van der Waals surface area contributed by atoms with Gasteiger partial charge >= 0.3 is 0 Å². The van der Waals surface area contributed by atoms with Crippen LogP contribution in [0.3, 0.4) is 0 Å². The van der Waals surface area contributed by atoms with Crippen LogP contribution < -0.4 is 5.32 Å². The lowest BCUT2D eigenvalue weighted by molar-refractivity contribution is 0.0585. The molecular weight excluding hydrogens is 204 g/mol. The summed E-state index contributed by atoms with van der Waals surface area (Å²) in [6.07, 6.45) is 0.801. The summed E-state index contributed by atoms with van der Waals surface area (Å²) < 4.78 is 5.13. The second-order valence-corrected chi connectivity index (χ2v) is 4.25. The maximum atomic E-state index is 9.85. The van der Waals surface area contributed by atoms with Gasteiger partial charge in [-0.2, -0.15) is 0 Å². The van der Waals surface area contributed by atoms with Crippen molar-refractivity contribution in [3.8, 4) is 0 Å². The second kappa shape index (κ2) is 10.0. The van der Waals surface area contributed by atoms with E-state index in [1.165, 1.54) is 0 Å². The average molecular weight is 232 g/mol. The maximum Gasteiger partial charge on any atom is 0.0791 e. The Balaban J connectivity index is 3.81. The zero-order valence-electron chi connectivity index (χ0n) is 11.2. The van der Waals surface area contributed by atoms with Gasteiger partial charge in [0.2, 0.25) is 0 Å².